The van der Waals surface area contributed by atoms with Crippen molar-refractivity contribution in [1.82, 2.24) is 4.98 Å². The van der Waals surface area contributed by atoms with Gasteiger partial charge in [-0.05, 0) is 32.1 Å². The molecular weight excluding hydrogens is 260 g/mol. The third-order valence-corrected chi connectivity index (χ3v) is 4.96. The van der Waals surface area contributed by atoms with E-state index in [1.54, 1.807) is 25.2 Å². The highest BCUT2D eigenvalue weighted by molar-refractivity contribution is 7.13. The zero-order valence-corrected chi connectivity index (χ0v) is 12.9. The van der Waals surface area contributed by atoms with E-state index in [0.29, 0.717) is 11.1 Å². The first-order chi connectivity index (χ1) is 8.72. The largest absolute Gasteiger partial charge is 0.481 e. The lowest BCUT2D eigenvalue weighted by Crippen LogP contribution is -2.37. The number of hydrogen-bond donors (Lipinski definition) is 1. The Labute approximate surface area is 118 Å². The predicted octanol–water partition coefficient (Wildman–Crippen LogP) is 3.13. The van der Waals surface area contributed by atoms with Crippen LogP contribution in [-0.2, 0) is 10.2 Å². The van der Waals surface area contributed by atoms with Crippen LogP contribution in [0.25, 0.3) is 0 Å². The molecule has 0 saturated carbocycles. The molecule has 0 aromatic carbocycles. The van der Waals surface area contributed by atoms with Gasteiger partial charge in [-0.3, -0.25) is 4.79 Å². The fourth-order valence-electron chi connectivity index (χ4n) is 2.11. The molecule has 106 valence electrons. The first-order valence-corrected chi connectivity index (χ1v) is 7.55. The van der Waals surface area contributed by atoms with Crippen LogP contribution in [0.5, 0.6) is 0 Å². The van der Waals surface area contributed by atoms with E-state index in [1.165, 1.54) is 0 Å². The van der Waals surface area contributed by atoms with Gasteiger partial charge in [0.25, 0.3) is 0 Å². The number of aliphatic carboxylic acids is 1. The Kier molecular flexibility index (Phi) is 3.60. The molecule has 1 aromatic rings. The standard InChI is InChI=1S/C14H22N2O2S/c1-13(2)5-7-16(8-6-13)12-15-10(9-19-12)14(3,4)11(17)18/h9H,5-8H2,1-4H3,(H,17,18). The molecule has 0 atom stereocenters. The van der Waals surface area contributed by atoms with Crippen LogP contribution in [0.3, 0.4) is 0 Å². The van der Waals surface area contributed by atoms with Crippen molar-refractivity contribution < 1.29 is 9.90 Å². The number of anilines is 1. The summed E-state index contributed by atoms with van der Waals surface area (Å²) in [5.41, 5.74) is 0.158. The SMILES string of the molecule is CC1(C)CCN(c2nc(C(C)(C)C(=O)O)cs2)CC1. The summed E-state index contributed by atoms with van der Waals surface area (Å²) in [7, 11) is 0. The fourth-order valence-corrected chi connectivity index (χ4v) is 3.16. The topological polar surface area (TPSA) is 53.4 Å². The average molecular weight is 282 g/mol. The van der Waals surface area contributed by atoms with Gasteiger partial charge in [0.15, 0.2) is 5.13 Å². The van der Waals surface area contributed by atoms with Crippen LogP contribution in [0.2, 0.25) is 0 Å². The minimum atomic E-state index is -0.913. The normalized spacial score (nSPS) is 19.5. The summed E-state index contributed by atoms with van der Waals surface area (Å²) < 4.78 is 0. The minimum Gasteiger partial charge on any atom is -0.481 e. The quantitative estimate of drug-likeness (QED) is 0.925. The number of carboxylic acid groups (broad SMARTS) is 1. The van der Waals surface area contributed by atoms with E-state index in [2.05, 4.69) is 23.7 Å². The van der Waals surface area contributed by atoms with E-state index < -0.39 is 11.4 Å². The number of carbonyl (C=O) groups is 1. The molecule has 1 saturated heterocycles. The molecular formula is C14H22N2O2S. The van der Waals surface area contributed by atoms with E-state index >= 15 is 0 Å². The van der Waals surface area contributed by atoms with Gasteiger partial charge < -0.3 is 10.0 Å². The van der Waals surface area contributed by atoms with Crippen LogP contribution in [0.4, 0.5) is 5.13 Å². The predicted molar refractivity (Wildman–Crippen MR) is 78.0 cm³/mol. The number of hydrogen-bond acceptors (Lipinski definition) is 4. The van der Waals surface area contributed by atoms with Crippen molar-refractivity contribution in [2.75, 3.05) is 18.0 Å². The van der Waals surface area contributed by atoms with Gasteiger partial charge in [-0.2, -0.15) is 0 Å². The maximum atomic E-state index is 11.2. The molecule has 0 radical (unpaired) electrons. The van der Waals surface area contributed by atoms with Crippen molar-refractivity contribution >= 4 is 22.4 Å². The summed E-state index contributed by atoms with van der Waals surface area (Å²) in [6.07, 6.45) is 2.31. The van der Waals surface area contributed by atoms with Gasteiger partial charge in [-0.15, -0.1) is 11.3 Å². The lowest BCUT2D eigenvalue weighted by Gasteiger charge is -2.36. The molecule has 1 N–H and O–H groups in total. The molecule has 2 heterocycles. The van der Waals surface area contributed by atoms with E-state index in [1.807, 2.05) is 5.38 Å². The number of carboxylic acids is 1. The lowest BCUT2D eigenvalue weighted by atomic mass is 9.83. The van der Waals surface area contributed by atoms with E-state index in [-0.39, 0.29) is 0 Å². The number of aromatic nitrogens is 1. The van der Waals surface area contributed by atoms with Crippen LogP contribution in [0.15, 0.2) is 5.38 Å². The second kappa shape index (κ2) is 4.78. The highest BCUT2D eigenvalue weighted by atomic mass is 32.1. The summed E-state index contributed by atoms with van der Waals surface area (Å²) in [5, 5.41) is 12.1. The van der Waals surface area contributed by atoms with Crippen molar-refractivity contribution in [1.29, 1.82) is 0 Å². The van der Waals surface area contributed by atoms with Crippen molar-refractivity contribution in [3.8, 4) is 0 Å². The molecule has 5 heteroatoms. The van der Waals surface area contributed by atoms with Gasteiger partial charge in [0, 0.05) is 18.5 Å². The minimum absolute atomic E-state index is 0.414. The Balaban J connectivity index is 2.12. The van der Waals surface area contributed by atoms with Gasteiger partial charge in [0.05, 0.1) is 5.69 Å². The molecule has 4 nitrogen and oxygen atoms in total. The van der Waals surface area contributed by atoms with Crippen molar-refractivity contribution in [2.45, 2.75) is 46.0 Å². The molecule has 19 heavy (non-hydrogen) atoms. The number of thiazole rings is 1. The molecule has 1 aliphatic heterocycles. The molecule has 0 aliphatic carbocycles. The molecule has 1 aliphatic rings. The summed E-state index contributed by atoms with van der Waals surface area (Å²) in [6.45, 7) is 10.0. The van der Waals surface area contributed by atoms with Gasteiger partial charge in [-0.1, -0.05) is 13.8 Å². The van der Waals surface area contributed by atoms with Crippen LogP contribution in [0, 0.1) is 5.41 Å². The number of piperidine rings is 1. The first kappa shape index (κ1) is 14.3. The Morgan fingerprint density at radius 3 is 2.53 bits per heavy atom. The Bertz CT molecular complexity index is 470. The summed E-state index contributed by atoms with van der Waals surface area (Å²) >= 11 is 1.55. The fraction of sp³-hybridized carbons (Fsp3) is 0.714. The van der Waals surface area contributed by atoms with Gasteiger partial charge >= 0.3 is 5.97 Å². The van der Waals surface area contributed by atoms with E-state index in [4.69, 9.17) is 0 Å². The van der Waals surface area contributed by atoms with Crippen molar-refractivity contribution in [2.24, 2.45) is 5.41 Å². The first-order valence-electron chi connectivity index (χ1n) is 6.67. The average Bonchev–Trinajstić information content (AvgIpc) is 2.78. The zero-order valence-electron chi connectivity index (χ0n) is 12.1. The van der Waals surface area contributed by atoms with Gasteiger partial charge in [0.1, 0.15) is 5.41 Å². The van der Waals surface area contributed by atoms with E-state index in [0.717, 1.165) is 31.1 Å². The van der Waals surface area contributed by atoms with Crippen LogP contribution >= 0.6 is 11.3 Å². The molecule has 1 aromatic heterocycles. The maximum absolute atomic E-state index is 11.2. The van der Waals surface area contributed by atoms with Crippen molar-refractivity contribution in [3.63, 3.8) is 0 Å². The Morgan fingerprint density at radius 1 is 1.42 bits per heavy atom. The molecule has 0 bridgehead atoms. The maximum Gasteiger partial charge on any atom is 0.315 e. The summed E-state index contributed by atoms with van der Waals surface area (Å²) in [6, 6.07) is 0. The molecule has 0 amide bonds. The van der Waals surface area contributed by atoms with Gasteiger partial charge in [0.2, 0.25) is 0 Å². The van der Waals surface area contributed by atoms with E-state index in [9.17, 15) is 9.90 Å². The number of nitrogens with zero attached hydrogens (tertiary/aromatic N) is 2. The highest BCUT2D eigenvalue weighted by Gasteiger charge is 2.33. The lowest BCUT2D eigenvalue weighted by molar-refractivity contribution is -0.142. The summed E-state index contributed by atoms with van der Waals surface area (Å²) in [4.78, 5) is 18.1. The molecule has 1 fully saturated rings. The third-order valence-electron chi connectivity index (χ3n) is 4.05. The van der Waals surface area contributed by atoms with Crippen LogP contribution in [-0.4, -0.2) is 29.1 Å². The van der Waals surface area contributed by atoms with Gasteiger partial charge in [-0.25, -0.2) is 4.98 Å². The third kappa shape index (κ3) is 2.91. The zero-order chi connectivity index (χ0) is 14.3. The van der Waals surface area contributed by atoms with Crippen LogP contribution < -0.4 is 4.90 Å². The highest BCUT2D eigenvalue weighted by Crippen LogP contribution is 2.35. The second-order valence-electron chi connectivity index (χ2n) is 6.60. The molecule has 2 rings (SSSR count). The smallest absolute Gasteiger partial charge is 0.315 e. The summed E-state index contributed by atoms with van der Waals surface area (Å²) in [5.74, 6) is -0.830. The monoisotopic (exact) mass is 282 g/mol. The Morgan fingerprint density at radius 2 is 2.00 bits per heavy atom. The second-order valence-corrected chi connectivity index (χ2v) is 7.43. The Hall–Kier alpha value is -1.10. The number of rotatable bonds is 3. The molecule has 0 unspecified atom stereocenters. The van der Waals surface area contributed by atoms with Crippen LogP contribution in [0.1, 0.15) is 46.2 Å². The van der Waals surface area contributed by atoms with Crippen molar-refractivity contribution in [3.05, 3.63) is 11.1 Å². The molecule has 0 spiro atoms.